The van der Waals surface area contributed by atoms with Crippen LogP contribution in [0, 0.1) is 6.92 Å². The van der Waals surface area contributed by atoms with Crippen molar-refractivity contribution < 1.29 is 9.53 Å². The molecule has 1 aromatic carbocycles. The molecule has 0 aliphatic heterocycles. The maximum Gasteiger partial charge on any atom is 0.257 e. The number of hydrogen-bond acceptors (Lipinski definition) is 3. The van der Waals surface area contributed by atoms with Gasteiger partial charge in [-0.05, 0) is 31.0 Å². The van der Waals surface area contributed by atoms with Crippen LogP contribution in [0.5, 0.6) is 5.75 Å². The zero-order chi connectivity index (χ0) is 14.2. The first-order chi connectivity index (χ1) is 9.74. The molecule has 0 bridgehead atoms. The first kappa shape index (κ1) is 14.1. The number of nitrogens with zero attached hydrogens (tertiary/aromatic N) is 1. The van der Waals surface area contributed by atoms with Gasteiger partial charge in [0.2, 0.25) is 0 Å². The quantitative estimate of drug-likeness (QED) is 0.756. The van der Waals surface area contributed by atoms with E-state index in [-0.39, 0.29) is 12.5 Å². The van der Waals surface area contributed by atoms with Crippen LogP contribution in [0.1, 0.15) is 17.8 Å². The van der Waals surface area contributed by atoms with E-state index in [1.807, 2.05) is 31.2 Å². The lowest BCUT2D eigenvalue weighted by Gasteiger charge is -2.07. The van der Waals surface area contributed by atoms with Crippen molar-refractivity contribution in [3.05, 3.63) is 48.0 Å². The van der Waals surface area contributed by atoms with E-state index in [1.165, 1.54) is 0 Å². The van der Waals surface area contributed by atoms with Crippen LogP contribution in [0.25, 0.3) is 0 Å². The van der Waals surface area contributed by atoms with Gasteiger partial charge in [-0.2, -0.15) is 0 Å². The van der Waals surface area contributed by atoms with Crippen molar-refractivity contribution in [3.63, 3.8) is 0 Å². The van der Waals surface area contributed by atoms with Crippen LogP contribution in [-0.4, -0.2) is 29.0 Å². The molecule has 0 atom stereocenters. The van der Waals surface area contributed by atoms with Crippen LogP contribution in [0.3, 0.4) is 0 Å². The standard InChI is InChI=1S/C15H19N3O2/c1-12-4-2-5-13(10-12)20-11-15(19)18-7-3-6-14-16-8-9-17-14/h2,4-5,8-10H,3,6-7,11H2,1H3,(H,16,17)(H,18,19). The summed E-state index contributed by atoms with van der Waals surface area (Å²) in [5.74, 6) is 1.55. The molecule has 0 spiro atoms. The molecule has 1 heterocycles. The highest BCUT2D eigenvalue weighted by atomic mass is 16.5. The third-order valence-electron chi connectivity index (χ3n) is 2.83. The predicted octanol–water partition coefficient (Wildman–Crippen LogP) is 1.85. The Labute approximate surface area is 118 Å². The van der Waals surface area contributed by atoms with Crippen LogP contribution in [0.2, 0.25) is 0 Å². The van der Waals surface area contributed by atoms with Crippen molar-refractivity contribution in [1.82, 2.24) is 15.3 Å². The lowest BCUT2D eigenvalue weighted by molar-refractivity contribution is -0.123. The number of aryl methyl sites for hydroxylation is 2. The summed E-state index contributed by atoms with van der Waals surface area (Å²) in [6, 6.07) is 7.65. The van der Waals surface area contributed by atoms with E-state index in [0.717, 1.165) is 30.0 Å². The Morgan fingerprint density at radius 2 is 2.35 bits per heavy atom. The van der Waals surface area contributed by atoms with Gasteiger partial charge in [0.25, 0.3) is 5.91 Å². The molecule has 2 rings (SSSR count). The summed E-state index contributed by atoms with van der Waals surface area (Å²) in [7, 11) is 0. The molecular weight excluding hydrogens is 254 g/mol. The average Bonchev–Trinajstić information content (AvgIpc) is 2.95. The highest BCUT2D eigenvalue weighted by molar-refractivity contribution is 5.77. The van der Waals surface area contributed by atoms with Crippen LogP contribution >= 0.6 is 0 Å². The molecule has 0 saturated carbocycles. The Morgan fingerprint density at radius 1 is 1.45 bits per heavy atom. The second kappa shape index (κ2) is 7.33. The van der Waals surface area contributed by atoms with Gasteiger partial charge >= 0.3 is 0 Å². The van der Waals surface area contributed by atoms with Crippen LogP contribution in [0.4, 0.5) is 0 Å². The first-order valence-corrected chi connectivity index (χ1v) is 6.68. The van der Waals surface area contributed by atoms with Gasteiger partial charge in [0.05, 0.1) is 0 Å². The van der Waals surface area contributed by atoms with Gasteiger partial charge in [0.15, 0.2) is 6.61 Å². The van der Waals surface area contributed by atoms with Crippen molar-refractivity contribution in [2.45, 2.75) is 19.8 Å². The number of benzene rings is 1. The second-order valence-corrected chi connectivity index (χ2v) is 4.59. The molecule has 0 aliphatic carbocycles. The van der Waals surface area contributed by atoms with Gasteiger partial charge in [-0.3, -0.25) is 4.79 Å². The maximum atomic E-state index is 11.6. The second-order valence-electron chi connectivity index (χ2n) is 4.59. The highest BCUT2D eigenvalue weighted by Gasteiger charge is 2.02. The van der Waals surface area contributed by atoms with E-state index in [9.17, 15) is 4.79 Å². The summed E-state index contributed by atoms with van der Waals surface area (Å²) in [6.45, 7) is 2.66. The van der Waals surface area contributed by atoms with Crippen molar-refractivity contribution in [2.24, 2.45) is 0 Å². The molecule has 0 aliphatic rings. The number of carbonyl (C=O) groups excluding carboxylic acids is 1. The number of ether oxygens (including phenoxy) is 1. The summed E-state index contributed by atoms with van der Waals surface area (Å²) in [5, 5.41) is 2.82. The molecule has 20 heavy (non-hydrogen) atoms. The predicted molar refractivity (Wildman–Crippen MR) is 76.6 cm³/mol. The molecule has 5 heteroatoms. The number of rotatable bonds is 7. The Balaban J connectivity index is 1.61. The molecule has 1 aromatic heterocycles. The molecular formula is C15H19N3O2. The molecule has 5 nitrogen and oxygen atoms in total. The number of H-pyrrole nitrogens is 1. The molecule has 1 amide bonds. The van der Waals surface area contributed by atoms with E-state index in [2.05, 4.69) is 15.3 Å². The van der Waals surface area contributed by atoms with Crippen LogP contribution in [0.15, 0.2) is 36.7 Å². The van der Waals surface area contributed by atoms with Crippen molar-refractivity contribution in [1.29, 1.82) is 0 Å². The zero-order valence-corrected chi connectivity index (χ0v) is 11.6. The first-order valence-electron chi connectivity index (χ1n) is 6.68. The van der Waals surface area contributed by atoms with Gasteiger partial charge in [0, 0.05) is 25.4 Å². The Bertz CT molecular complexity index is 538. The summed E-state index contributed by atoms with van der Waals surface area (Å²) in [4.78, 5) is 18.8. The number of hydrogen-bond donors (Lipinski definition) is 2. The minimum Gasteiger partial charge on any atom is -0.484 e. The number of imidazole rings is 1. The maximum absolute atomic E-state index is 11.6. The fourth-order valence-electron chi connectivity index (χ4n) is 1.82. The van der Waals surface area contributed by atoms with Crippen molar-refractivity contribution in [2.75, 3.05) is 13.2 Å². The fourth-order valence-corrected chi connectivity index (χ4v) is 1.82. The van der Waals surface area contributed by atoms with E-state index < -0.39 is 0 Å². The number of aromatic nitrogens is 2. The topological polar surface area (TPSA) is 67.0 Å². The lowest BCUT2D eigenvalue weighted by Crippen LogP contribution is -2.29. The summed E-state index contributed by atoms with van der Waals surface area (Å²) in [5.41, 5.74) is 1.11. The van der Waals surface area contributed by atoms with Gasteiger partial charge in [-0.1, -0.05) is 12.1 Å². The third kappa shape index (κ3) is 4.76. The third-order valence-corrected chi connectivity index (χ3v) is 2.83. The van der Waals surface area contributed by atoms with Gasteiger partial charge in [-0.15, -0.1) is 0 Å². The molecule has 2 aromatic rings. The summed E-state index contributed by atoms with van der Waals surface area (Å²) < 4.78 is 5.42. The van der Waals surface area contributed by atoms with Gasteiger partial charge in [0.1, 0.15) is 11.6 Å². The Morgan fingerprint density at radius 3 is 3.10 bits per heavy atom. The minimum atomic E-state index is -0.106. The van der Waals surface area contributed by atoms with Gasteiger partial charge in [-0.25, -0.2) is 4.98 Å². The van der Waals surface area contributed by atoms with Crippen LogP contribution < -0.4 is 10.1 Å². The molecule has 106 valence electrons. The monoisotopic (exact) mass is 273 g/mol. The number of nitrogens with one attached hydrogen (secondary N) is 2. The summed E-state index contributed by atoms with van der Waals surface area (Å²) >= 11 is 0. The highest BCUT2D eigenvalue weighted by Crippen LogP contribution is 2.11. The fraction of sp³-hybridized carbons (Fsp3) is 0.333. The molecule has 2 N–H and O–H groups in total. The van der Waals surface area contributed by atoms with E-state index in [1.54, 1.807) is 12.4 Å². The molecule has 0 saturated heterocycles. The van der Waals surface area contributed by atoms with Crippen LogP contribution in [-0.2, 0) is 11.2 Å². The lowest BCUT2D eigenvalue weighted by atomic mass is 10.2. The number of amides is 1. The smallest absolute Gasteiger partial charge is 0.257 e. The average molecular weight is 273 g/mol. The van der Waals surface area contributed by atoms with E-state index in [4.69, 9.17) is 4.74 Å². The molecule has 0 radical (unpaired) electrons. The Kier molecular flexibility index (Phi) is 5.17. The van der Waals surface area contributed by atoms with E-state index in [0.29, 0.717) is 6.54 Å². The molecule has 0 unspecified atom stereocenters. The SMILES string of the molecule is Cc1cccc(OCC(=O)NCCCc2ncc[nH]2)c1. The zero-order valence-electron chi connectivity index (χ0n) is 11.6. The normalized spacial score (nSPS) is 10.2. The minimum absolute atomic E-state index is 0.0458. The van der Waals surface area contributed by atoms with E-state index >= 15 is 0 Å². The largest absolute Gasteiger partial charge is 0.484 e. The number of carbonyl (C=O) groups is 1. The van der Waals surface area contributed by atoms with Gasteiger partial charge < -0.3 is 15.0 Å². The van der Waals surface area contributed by atoms with Crippen molar-refractivity contribution in [3.8, 4) is 5.75 Å². The summed E-state index contributed by atoms with van der Waals surface area (Å²) in [6.07, 6.45) is 5.20. The van der Waals surface area contributed by atoms with Crippen molar-refractivity contribution >= 4 is 5.91 Å². The Hall–Kier alpha value is -2.30. The number of aromatic amines is 1. The molecule has 0 fully saturated rings.